The van der Waals surface area contributed by atoms with E-state index in [-0.39, 0.29) is 5.54 Å². The van der Waals surface area contributed by atoms with Crippen LogP contribution in [0.5, 0.6) is 0 Å². The summed E-state index contributed by atoms with van der Waals surface area (Å²) < 4.78 is 0. The average Bonchev–Trinajstić information content (AvgIpc) is 3.01. The zero-order valence-corrected chi connectivity index (χ0v) is 10.7. The van der Waals surface area contributed by atoms with Crippen molar-refractivity contribution in [1.82, 2.24) is 10.3 Å². The topological polar surface area (TPSA) is 41.3 Å². The van der Waals surface area contributed by atoms with Gasteiger partial charge in [0.15, 0.2) is 0 Å². The highest BCUT2D eigenvalue weighted by Crippen LogP contribution is 2.35. The third-order valence-corrected chi connectivity index (χ3v) is 4.25. The van der Waals surface area contributed by atoms with Crippen LogP contribution in [-0.4, -0.2) is 30.6 Å². The Labute approximate surface area is 94.4 Å². The molecular weight excluding hydrogens is 186 g/mol. The number of hydrogen-bond donors (Lipinski definition) is 2. The number of hydrazine groups is 1. The molecule has 0 aliphatic heterocycles. The Morgan fingerprint density at radius 1 is 1.47 bits per heavy atom. The molecule has 0 spiro atoms. The van der Waals surface area contributed by atoms with Gasteiger partial charge in [0.05, 0.1) is 0 Å². The normalized spacial score (nSPS) is 22.8. The predicted molar refractivity (Wildman–Crippen MR) is 65.5 cm³/mol. The second-order valence-corrected chi connectivity index (χ2v) is 5.35. The molecule has 15 heavy (non-hydrogen) atoms. The van der Waals surface area contributed by atoms with Crippen LogP contribution in [0.25, 0.3) is 0 Å². The van der Waals surface area contributed by atoms with Crippen LogP contribution in [0.15, 0.2) is 0 Å². The first-order chi connectivity index (χ1) is 7.04. The Kier molecular flexibility index (Phi) is 4.56. The second-order valence-electron chi connectivity index (χ2n) is 5.35. The molecule has 1 aliphatic carbocycles. The summed E-state index contributed by atoms with van der Waals surface area (Å²) in [4.78, 5) is 2.30. The van der Waals surface area contributed by atoms with Crippen LogP contribution in [-0.2, 0) is 0 Å². The third kappa shape index (κ3) is 3.16. The van der Waals surface area contributed by atoms with E-state index in [9.17, 15) is 0 Å². The van der Waals surface area contributed by atoms with Crippen molar-refractivity contribution in [3.63, 3.8) is 0 Å². The number of nitrogens with zero attached hydrogens (tertiary/aromatic N) is 1. The van der Waals surface area contributed by atoms with E-state index in [0.717, 1.165) is 12.3 Å². The van der Waals surface area contributed by atoms with Crippen molar-refractivity contribution in [2.75, 3.05) is 14.1 Å². The second kappa shape index (κ2) is 5.28. The first kappa shape index (κ1) is 12.9. The van der Waals surface area contributed by atoms with Gasteiger partial charge in [-0.05, 0) is 46.2 Å². The van der Waals surface area contributed by atoms with Crippen LogP contribution in [0.3, 0.4) is 0 Å². The van der Waals surface area contributed by atoms with Crippen molar-refractivity contribution < 1.29 is 0 Å². The fraction of sp³-hybridized carbons (Fsp3) is 1.00. The smallest absolute Gasteiger partial charge is 0.0391 e. The molecule has 0 saturated heterocycles. The summed E-state index contributed by atoms with van der Waals surface area (Å²) in [6, 6.07) is 0.401. The maximum absolute atomic E-state index is 5.70. The van der Waals surface area contributed by atoms with Crippen molar-refractivity contribution >= 4 is 0 Å². The lowest BCUT2D eigenvalue weighted by atomic mass is 9.85. The van der Waals surface area contributed by atoms with Gasteiger partial charge in [-0.15, -0.1) is 0 Å². The lowest BCUT2D eigenvalue weighted by Gasteiger charge is -2.42. The predicted octanol–water partition coefficient (Wildman–Crippen LogP) is 1.74. The Bertz CT molecular complexity index is 189. The number of nitrogens with one attached hydrogen (secondary N) is 1. The summed E-state index contributed by atoms with van der Waals surface area (Å²) in [6.07, 6.45) is 6.52. The van der Waals surface area contributed by atoms with Gasteiger partial charge in [-0.3, -0.25) is 11.3 Å². The number of likely N-dealkylation sites (N-methyl/N-ethyl adjacent to an activating group) is 1. The quantitative estimate of drug-likeness (QED) is 0.500. The molecule has 0 radical (unpaired) electrons. The Hall–Kier alpha value is -0.120. The molecule has 0 aromatic heterocycles. The highest BCUT2D eigenvalue weighted by atomic mass is 15.3. The molecule has 90 valence electrons. The standard InChI is InChI=1S/C12H27N3/c1-5-12(2,15(3)4)11(14-13)9-8-10-6-7-10/h10-11,14H,5-9,13H2,1-4H3. The highest BCUT2D eigenvalue weighted by molar-refractivity contribution is 4.94. The summed E-state index contributed by atoms with van der Waals surface area (Å²) in [5, 5.41) is 0. The van der Waals surface area contributed by atoms with Crippen molar-refractivity contribution in [2.24, 2.45) is 11.8 Å². The molecule has 0 aromatic rings. The van der Waals surface area contributed by atoms with E-state index >= 15 is 0 Å². The number of nitrogens with two attached hydrogens (primary N) is 1. The average molecular weight is 213 g/mol. The molecular formula is C12H27N3. The first-order valence-electron chi connectivity index (χ1n) is 6.18. The third-order valence-electron chi connectivity index (χ3n) is 4.25. The van der Waals surface area contributed by atoms with Gasteiger partial charge in [0, 0.05) is 11.6 Å². The van der Waals surface area contributed by atoms with Gasteiger partial charge in [0.25, 0.3) is 0 Å². The Balaban J connectivity index is 2.51. The minimum atomic E-state index is 0.170. The fourth-order valence-electron chi connectivity index (χ4n) is 2.26. The molecule has 0 bridgehead atoms. The molecule has 0 amide bonds. The van der Waals surface area contributed by atoms with E-state index in [1.165, 1.54) is 25.7 Å². The van der Waals surface area contributed by atoms with Crippen LogP contribution >= 0.6 is 0 Å². The van der Waals surface area contributed by atoms with Crippen LogP contribution < -0.4 is 11.3 Å². The molecule has 1 aliphatic rings. The van der Waals surface area contributed by atoms with Crippen molar-refractivity contribution in [1.29, 1.82) is 0 Å². The van der Waals surface area contributed by atoms with Gasteiger partial charge in [0.2, 0.25) is 0 Å². The van der Waals surface area contributed by atoms with E-state index < -0.39 is 0 Å². The lowest BCUT2D eigenvalue weighted by molar-refractivity contribution is 0.106. The fourth-order valence-corrected chi connectivity index (χ4v) is 2.26. The zero-order chi connectivity index (χ0) is 11.5. The minimum Gasteiger partial charge on any atom is -0.302 e. The molecule has 3 nitrogen and oxygen atoms in total. The van der Waals surface area contributed by atoms with Crippen molar-refractivity contribution in [2.45, 2.75) is 57.5 Å². The van der Waals surface area contributed by atoms with Gasteiger partial charge in [0.1, 0.15) is 0 Å². The van der Waals surface area contributed by atoms with E-state index in [0.29, 0.717) is 6.04 Å². The molecule has 3 heteroatoms. The Morgan fingerprint density at radius 3 is 2.40 bits per heavy atom. The number of rotatable bonds is 7. The molecule has 1 saturated carbocycles. The van der Waals surface area contributed by atoms with Gasteiger partial charge in [-0.25, -0.2) is 0 Å². The van der Waals surface area contributed by atoms with E-state index in [2.05, 4.69) is 38.3 Å². The van der Waals surface area contributed by atoms with E-state index in [1.54, 1.807) is 0 Å². The molecule has 0 heterocycles. The molecule has 3 N–H and O–H groups in total. The summed E-state index contributed by atoms with van der Waals surface area (Å²) in [5.74, 6) is 6.69. The van der Waals surface area contributed by atoms with E-state index in [1.807, 2.05) is 0 Å². The van der Waals surface area contributed by atoms with Crippen LogP contribution in [0, 0.1) is 5.92 Å². The molecule has 2 unspecified atom stereocenters. The molecule has 1 fully saturated rings. The summed E-state index contributed by atoms with van der Waals surface area (Å²) >= 11 is 0. The molecule has 2 atom stereocenters. The minimum absolute atomic E-state index is 0.170. The summed E-state index contributed by atoms with van der Waals surface area (Å²) in [5.41, 5.74) is 3.19. The number of hydrogen-bond acceptors (Lipinski definition) is 3. The lowest BCUT2D eigenvalue weighted by Crippen LogP contribution is -2.58. The summed E-state index contributed by atoms with van der Waals surface area (Å²) in [6.45, 7) is 4.53. The SMILES string of the molecule is CCC(C)(C(CCC1CC1)NN)N(C)C. The Morgan fingerprint density at radius 2 is 2.07 bits per heavy atom. The maximum atomic E-state index is 5.70. The monoisotopic (exact) mass is 213 g/mol. The summed E-state index contributed by atoms with van der Waals surface area (Å²) in [7, 11) is 4.29. The van der Waals surface area contributed by atoms with Gasteiger partial charge >= 0.3 is 0 Å². The highest BCUT2D eigenvalue weighted by Gasteiger charge is 2.35. The zero-order valence-electron chi connectivity index (χ0n) is 10.7. The molecule has 0 aromatic carbocycles. The van der Waals surface area contributed by atoms with Gasteiger partial charge < -0.3 is 4.90 Å². The largest absolute Gasteiger partial charge is 0.302 e. The van der Waals surface area contributed by atoms with Gasteiger partial charge in [-0.1, -0.05) is 19.8 Å². The van der Waals surface area contributed by atoms with Crippen LogP contribution in [0.2, 0.25) is 0 Å². The van der Waals surface area contributed by atoms with E-state index in [4.69, 9.17) is 5.84 Å². The first-order valence-corrected chi connectivity index (χ1v) is 6.18. The molecule has 1 rings (SSSR count). The van der Waals surface area contributed by atoms with Crippen molar-refractivity contribution in [3.8, 4) is 0 Å². The van der Waals surface area contributed by atoms with Crippen LogP contribution in [0.1, 0.15) is 46.0 Å². The maximum Gasteiger partial charge on any atom is 0.0391 e. The van der Waals surface area contributed by atoms with Crippen molar-refractivity contribution in [3.05, 3.63) is 0 Å². The van der Waals surface area contributed by atoms with Gasteiger partial charge in [-0.2, -0.15) is 0 Å². The van der Waals surface area contributed by atoms with Crippen LogP contribution in [0.4, 0.5) is 0 Å².